The van der Waals surface area contributed by atoms with Gasteiger partial charge in [0, 0.05) is 0 Å². The smallest absolute Gasteiger partial charge is 0.267 e. The molecule has 1 N–H and O–H groups in total. The van der Waals surface area contributed by atoms with E-state index >= 15 is 0 Å². The van der Waals surface area contributed by atoms with Crippen molar-refractivity contribution in [2.75, 3.05) is 5.75 Å². The van der Waals surface area contributed by atoms with Crippen LogP contribution < -0.4 is 0 Å². The fourth-order valence-corrected chi connectivity index (χ4v) is 1.88. The predicted molar refractivity (Wildman–Crippen MR) is 53.3 cm³/mol. The van der Waals surface area contributed by atoms with Gasteiger partial charge >= 0.3 is 0 Å². The molecule has 0 aliphatic rings. The van der Waals surface area contributed by atoms with Crippen molar-refractivity contribution in [3.8, 4) is 0 Å². The van der Waals surface area contributed by atoms with E-state index in [0.717, 1.165) is 6.42 Å². The van der Waals surface area contributed by atoms with Crippen LogP contribution in [-0.4, -0.2) is 24.0 Å². The molecule has 0 aromatic carbocycles. The maximum Gasteiger partial charge on any atom is 0.267 e. The van der Waals surface area contributed by atoms with E-state index in [4.69, 9.17) is 4.55 Å². The van der Waals surface area contributed by atoms with Gasteiger partial charge in [-0.1, -0.05) is 13.3 Å². The minimum Gasteiger partial charge on any atom is -0.285 e. The van der Waals surface area contributed by atoms with Gasteiger partial charge in [0.05, 0.1) is 5.25 Å². The number of thiol groups is 1. The van der Waals surface area contributed by atoms with E-state index < -0.39 is 15.4 Å². The van der Waals surface area contributed by atoms with Gasteiger partial charge in [-0.15, -0.1) is 0 Å². The predicted octanol–water partition coefficient (Wildman–Crippen LogP) is 1.61. The van der Waals surface area contributed by atoms with Crippen LogP contribution in [-0.2, 0) is 10.1 Å². The van der Waals surface area contributed by atoms with Crippen molar-refractivity contribution in [2.24, 2.45) is 5.92 Å². The Hall–Kier alpha value is 0.260. The highest BCUT2D eigenvalue weighted by Crippen LogP contribution is 2.16. The van der Waals surface area contributed by atoms with Crippen molar-refractivity contribution in [3.05, 3.63) is 0 Å². The molecule has 2 unspecified atom stereocenters. The van der Waals surface area contributed by atoms with E-state index in [1.54, 1.807) is 0 Å². The van der Waals surface area contributed by atoms with Gasteiger partial charge in [-0.2, -0.15) is 21.0 Å². The summed E-state index contributed by atoms with van der Waals surface area (Å²) in [5, 5.41) is -0.672. The Morgan fingerprint density at radius 3 is 2.25 bits per heavy atom. The number of rotatable bonds is 5. The van der Waals surface area contributed by atoms with E-state index in [1.165, 1.54) is 6.92 Å². The van der Waals surface area contributed by atoms with Crippen molar-refractivity contribution < 1.29 is 13.0 Å². The third-order valence-electron chi connectivity index (χ3n) is 2.01. The van der Waals surface area contributed by atoms with Crippen LogP contribution in [0.1, 0.15) is 26.7 Å². The van der Waals surface area contributed by atoms with Crippen molar-refractivity contribution in [1.82, 2.24) is 0 Å². The summed E-state index contributed by atoms with van der Waals surface area (Å²) in [6, 6.07) is 0. The Morgan fingerprint density at radius 1 is 1.50 bits per heavy atom. The SMILES string of the molecule is CCC(CS)CC(C)S(=O)(=O)O. The molecule has 0 radical (unpaired) electrons. The second kappa shape index (κ2) is 5.09. The topological polar surface area (TPSA) is 54.4 Å². The van der Waals surface area contributed by atoms with Crippen molar-refractivity contribution in [3.63, 3.8) is 0 Å². The quantitative estimate of drug-likeness (QED) is 0.538. The summed E-state index contributed by atoms with van der Waals surface area (Å²) in [7, 11) is -3.85. The summed E-state index contributed by atoms with van der Waals surface area (Å²) in [5.41, 5.74) is 0. The number of hydrogen-bond acceptors (Lipinski definition) is 3. The molecule has 0 fully saturated rings. The molecule has 0 bridgehead atoms. The molecule has 0 rings (SSSR count). The second-order valence-corrected chi connectivity index (χ2v) is 5.22. The molecule has 0 aliphatic heterocycles. The van der Waals surface area contributed by atoms with E-state index in [9.17, 15) is 8.42 Å². The standard InChI is InChI=1S/C7H16O3S2/c1-3-7(5-11)4-6(2)12(8,9)10/h6-7,11H,3-5H2,1-2H3,(H,8,9,10). The van der Waals surface area contributed by atoms with Crippen LogP contribution in [0.5, 0.6) is 0 Å². The lowest BCUT2D eigenvalue weighted by Gasteiger charge is -2.14. The Labute approximate surface area is 79.7 Å². The summed E-state index contributed by atoms with van der Waals surface area (Å²) in [5.74, 6) is 0.932. The summed E-state index contributed by atoms with van der Waals surface area (Å²) in [6.07, 6.45) is 1.38. The zero-order chi connectivity index (χ0) is 9.78. The highest BCUT2D eigenvalue weighted by atomic mass is 32.2. The summed E-state index contributed by atoms with van der Waals surface area (Å²) >= 11 is 4.09. The number of hydrogen-bond donors (Lipinski definition) is 2. The molecule has 0 spiro atoms. The Bertz CT molecular complexity index is 207. The van der Waals surface area contributed by atoms with Gasteiger partial charge < -0.3 is 0 Å². The highest BCUT2D eigenvalue weighted by Gasteiger charge is 2.20. The van der Waals surface area contributed by atoms with Crippen molar-refractivity contribution >= 4 is 22.7 Å². The second-order valence-electron chi connectivity index (χ2n) is 3.02. The van der Waals surface area contributed by atoms with Crippen molar-refractivity contribution in [1.29, 1.82) is 0 Å². The molecule has 0 aromatic heterocycles. The van der Waals surface area contributed by atoms with Gasteiger partial charge in [0.2, 0.25) is 0 Å². The third-order valence-corrected chi connectivity index (χ3v) is 3.74. The Kier molecular flexibility index (Phi) is 5.20. The van der Waals surface area contributed by atoms with E-state index in [0.29, 0.717) is 12.2 Å². The Morgan fingerprint density at radius 2 is 2.00 bits per heavy atom. The molecule has 12 heavy (non-hydrogen) atoms. The maximum atomic E-state index is 10.6. The summed E-state index contributed by atoms with van der Waals surface area (Å²) < 4.78 is 29.9. The third kappa shape index (κ3) is 4.33. The molecule has 0 amide bonds. The lowest BCUT2D eigenvalue weighted by atomic mass is 10.0. The maximum absolute atomic E-state index is 10.6. The van der Waals surface area contributed by atoms with Gasteiger partial charge in [-0.05, 0) is 25.0 Å². The van der Waals surface area contributed by atoms with Gasteiger partial charge in [0.1, 0.15) is 0 Å². The van der Waals surface area contributed by atoms with Crippen LogP contribution >= 0.6 is 12.6 Å². The first-order valence-electron chi connectivity index (χ1n) is 3.99. The largest absolute Gasteiger partial charge is 0.285 e. The van der Waals surface area contributed by atoms with E-state index in [-0.39, 0.29) is 5.92 Å². The van der Waals surface area contributed by atoms with Crippen LogP contribution in [0.3, 0.4) is 0 Å². The minimum atomic E-state index is -3.85. The fraction of sp³-hybridized carbons (Fsp3) is 1.00. The molecule has 0 aliphatic carbocycles. The van der Waals surface area contributed by atoms with Gasteiger partial charge in [0.25, 0.3) is 10.1 Å². The minimum absolute atomic E-state index is 0.269. The van der Waals surface area contributed by atoms with Gasteiger partial charge in [-0.25, -0.2) is 0 Å². The van der Waals surface area contributed by atoms with Crippen LogP contribution in [0.4, 0.5) is 0 Å². The molecule has 0 saturated carbocycles. The van der Waals surface area contributed by atoms with Gasteiger partial charge in [-0.3, -0.25) is 4.55 Å². The van der Waals surface area contributed by atoms with E-state index in [1.807, 2.05) is 6.92 Å². The summed E-state index contributed by atoms with van der Waals surface area (Å²) in [4.78, 5) is 0. The van der Waals surface area contributed by atoms with Crippen LogP contribution in [0.15, 0.2) is 0 Å². The zero-order valence-electron chi connectivity index (χ0n) is 7.40. The lowest BCUT2D eigenvalue weighted by molar-refractivity contribution is 0.443. The molecule has 0 saturated heterocycles. The molecular formula is C7H16O3S2. The van der Waals surface area contributed by atoms with Crippen LogP contribution in [0.25, 0.3) is 0 Å². The van der Waals surface area contributed by atoms with E-state index in [2.05, 4.69) is 12.6 Å². The molecule has 74 valence electrons. The molecule has 3 nitrogen and oxygen atoms in total. The van der Waals surface area contributed by atoms with Crippen molar-refractivity contribution in [2.45, 2.75) is 31.9 Å². The van der Waals surface area contributed by atoms with Crippen LogP contribution in [0, 0.1) is 5.92 Å². The molecule has 2 atom stereocenters. The fourth-order valence-electron chi connectivity index (χ4n) is 0.961. The molecular weight excluding hydrogens is 196 g/mol. The zero-order valence-corrected chi connectivity index (χ0v) is 9.11. The van der Waals surface area contributed by atoms with Crippen LogP contribution in [0.2, 0.25) is 0 Å². The first kappa shape index (κ1) is 12.3. The lowest BCUT2D eigenvalue weighted by Crippen LogP contribution is -2.20. The molecule has 0 aromatic rings. The normalized spacial score (nSPS) is 17.3. The average molecular weight is 212 g/mol. The first-order valence-corrected chi connectivity index (χ1v) is 6.12. The van der Waals surface area contributed by atoms with Gasteiger partial charge in [0.15, 0.2) is 0 Å². The average Bonchev–Trinajstić information content (AvgIpc) is 1.97. The first-order chi connectivity index (χ1) is 5.41. The highest BCUT2D eigenvalue weighted by molar-refractivity contribution is 7.86. The Balaban J connectivity index is 4.08. The summed E-state index contributed by atoms with van der Waals surface area (Å²) in [6.45, 7) is 3.50. The monoisotopic (exact) mass is 212 g/mol. The molecule has 5 heteroatoms. The molecule has 0 heterocycles.